The van der Waals surface area contributed by atoms with E-state index in [0.29, 0.717) is 17.9 Å². The van der Waals surface area contributed by atoms with E-state index in [-0.39, 0.29) is 5.54 Å². The summed E-state index contributed by atoms with van der Waals surface area (Å²) in [6.45, 7) is 4.30. The first-order valence-corrected chi connectivity index (χ1v) is 5.74. The zero-order valence-corrected chi connectivity index (χ0v) is 10.2. The monoisotopic (exact) mass is 234 g/mol. The highest BCUT2D eigenvalue weighted by Gasteiger charge is 2.42. The number of rotatable bonds is 4. The van der Waals surface area contributed by atoms with Gasteiger partial charge in [0.25, 0.3) is 5.91 Å². The lowest BCUT2D eigenvalue weighted by Gasteiger charge is -2.19. The molecule has 1 heterocycles. The molecule has 0 unspecified atom stereocenters. The molecule has 0 spiro atoms. The van der Waals surface area contributed by atoms with Crippen molar-refractivity contribution in [3.63, 3.8) is 0 Å². The van der Waals surface area contributed by atoms with Crippen molar-refractivity contribution < 1.29 is 4.79 Å². The van der Waals surface area contributed by atoms with Gasteiger partial charge in [-0.05, 0) is 38.3 Å². The van der Waals surface area contributed by atoms with Gasteiger partial charge >= 0.3 is 0 Å². The molecule has 1 fully saturated rings. The van der Waals surface area contributed by atoms with Crippen LogP contribution in [0.2, 0.25) is 0 Å². The molecular formula is C12H18N4O. The number of aromatic nitrogens is 1. The van der Waals surface area contributed by atoms with E-state index in [1.165, 1.54) is 0 Å². The lowest BCUT2D eigenvalue weighted by atomic mass is 10.1. The van der Waals surface area contributed by atoms with Crippen molar-refractivity contribution in [2.24, 2.45) is 11.5 Å². The van der Waals surface area contributed by atoms with Crippen LogP contribution < -0.4 is 16.8 Å². The third kappa shape index (κ3) is 2.24. The average molecular weight is 234 g/mol. The minimum Gasteiger partial charge on any atom is -0.365 e. The molecule has 0 radical (unpaired) electrons. The maximum absolute atomic E-state index is 11.5. The van der Waals surface area contributed by atoms with Crippen molar-refractivity contribution in [3.8, 4) is 0 Å². The molecule has 92 valence electrons. The Labute approximate surface area is 101 Å². The van der Waals surface area contributed by atoms with Crippen LogP contribution in [0.15, 0.2) is 6.07 Å². The van der Waals surface area contributed by atoms with Crippen molar-refractivity contribution >= 4 is 11.7 Å². The molecule has 5 nitrogen and oxygen atoms in total. The highest BCUT2D eigenvalue weighted by molar-refractivity contribution is 5.99. The molecule has 1 aromatic heterocycles. The number of nitrogens with two attached hydrogens (primary N) is 2. The second-order valence-electron chi connectivity index (χ2n) is 4.78. The van der Waals surface area contributed by atoms with Crippen LogP contribution in [-0.2, 0) is 0 Å². The van der Waals surface area contributed by atoms with Gasteiger partial charge in [0.15, 0.2) is 0 Å². The molecule has 0 atom stereocenters. The van der Waals surface area contributed by atoms with Crippen molar-refractivity contribution in [3.05, 3.63) is 22.9 Å². The predicted octanol–water partition coefficient (Wildman–Crippen LogP) is 0.701. The van der Waals surface area contributed by atoms with E-state index < -0.39 is 5.91 Å². The first-order chi connectivity index (χ1) is 7.97. The van der Waals surface area contributed by atoms with E-state index >= 15 is 0 Å². The fourth-order valence-corrected chi connectivity index (χ4v) is 2.02. The molecule has 1 aromatic rings. The normalized spacial score (nSPS) is 16.6. The maximum atomic E-state index is 11.5. The largest absolute Gasteiger partial charge is 0.365 e. The number of anilines is 1. The number of hydrogen-bond donors (Lipinski definition) is 3. The Morgan fingerprint density at radius 3 is 2.65 bits per heavy atom. The van der Waals surface area contributed by atoms with Crippen molar-refractivity contribution in [2.75, 3.05) is 11.9 Å². The van der Waals surface area contributed by atoms with Gasteiger partial charge in [-0.25, -0.2) is 4.98 Å². The Morgan fingerprint density at radius 1 is 1.53 bits per heavy atom. The zero-order chi connectivity index (χ0) is 12.6. The second-order valence-corrected chi connectivity index (χ2v) is 4.78. The number of primary amides is 1. The van der Waals surface area contributed by atoms with Crippen LogP contribution in [0.1, 0.15) is 34.5 Å². The molecule has 0 saturated heterocycles. The summed E-state index contributed by atoms with van der Waals surface area (Å²) in [5, 5.41) is 3.27. The van der Waals surface area contributed by atoms with Crippen LogP contribution in [0.4, 0.5) is 5.82 Å². The van der Waals surface area contributed by atoms with Gasteiger partial charge in [-0.2, -0.15) is 0 Å². The van der Waals surface area contributed by atoms with Gasteiger partial charge in [0, 0.05) is 12.2 Å². The maximum Gasteiger partial charge on any atom is 0.252 e. The van der Waals surface area contributed by atoms with Crippen LogP contribution in [0.5, 0.6) is 0 Å². The van der Waals surface area contributed by atoms with E-state index in [1.807, 2.05) is 19.9 Å². The van der Waals surface area contributed by atoms with Gasteiger partial charge in [-0.1, -0.05) is 0 Å². The lowest BCUT2D eigenvalue weighted by molar-refractivity contribution is 0.1000. The zero-order valence-electron chi connectivity index (χ0n) is 10.2. The Kier molecular flexibility index (Phi) is 2.79. The van der Waals surface area contributed by atoms with Gasteiger partial charge < -0.3 is 16.8 Å². The molecule has 5 heteroatoms. The van der Waals surface area contributed by atoms with Gasteiger partial charge in [0.05, 0.1) is 11.1 Å². The third-order valence-corrected chi connectivity index (χ3v) is 3.22. The third-order valence-electron chi connectivity index (χ3n) is 3.22. The summed E-state index contributed by atoms with van der Waals surface area (Å²) in [6, 6.07) is 1.85. The highest BCUT2D eigenvalue weighted by atomic mass is 16.1. The topological polar surface area (TPSA) is 94.0 Å². The van der Waals surface area contributed by atoms with Crippen LogP contribution in [0.3, 0.4) is 0 Å². The average Bonchev–Trinajstić information content (AvgIpc) is 2.96. The number of aryl methyl sites for hydroxylation is 2. The van der Waals surface area contributed by atoms with E-state index in [0.717, 1.165) is 24.1 Å². The number of hydrogen-bond acceptors (Lipinski definition) is 4. The fourth-order valence-electron chi connectivity index (χ4n) is 2.02. The smallest absolute Gasteiger partial charge is 0.252 e. The summed E-state index contributed by atoms with van der Waals surface area (Å²) < 4.78 is 0. The van der Waals surface area contributed by atoms with Gasteiger partial charge in [-0.15, -0.1) is 0 Å². The first-order valence-electron chi connectivity index (χ1n) is 5.74. The van der Waals surface area contributed by atoms with E-state index in [9.17, 15) is 4.79 Å². The van der Waals surface area contributed by atoms with E-state index in [1.54, 1.807) is 0 Å². The SMILES string of the molecule is Cc1cc(C)c(C(N)=O)c(NC2(CN)CC2)n1. The first kappa shape index (κ1) is 11.9. The molecule has 5 N–H and O–H groups in total. The van der Waals surface area contributed by atoms with E-state index in [4.69, 9.17) is 11.5 Å². The predicted molar refractivity (Wildman–Crippen MR) is 66.9 cm³/mol. The van der Waals surface area contributed by atoms with Gasteiger partial charge in [-0.3, -0.25) is 4.79 Å². The van der Waals surface area contributed by atoms with Crippen molar-refractivity contribution in [1.29, 1.82) is 0 Å². The summed E-state index contributed by atoms with van der Waals surface area (Å²) in [5.41, 5.74) is 13.2. The fraction of sp³-hybridized carbons (Fsp3) is 0.500. The molecule has 0 aliphatic heterocycles. The number of nitrogens with zero attached hydrogens (tertiary/aromatic N) is 1. The number of pyridine rings is 1. The van der Waals surface area contributed by atoms with Crippen LogP contribution in [-0.4, -0.2) is 23.0 Å². The molecule has 2 rings (SSSR count). The number of nitrogens with one attached hydrogen (secondary N) is 1. The van der Waals surface area contributed by atoms with E-state index in [2.05, 4.69) is 10.3 Å². The standard InChI is InChI=1S/C12H18N4O/c1-7-5-8(2)15-11(9(7)10(14)17)16-12(6-13)3-4-12/h5H,3-4,6,13H2,1-2H3,(H2,14,17)(H,15,16). The number of amides is 1. The van der Waals surface area contributed by atoms with Gasteiger partial charge in [0.2, 0.25) is 0 Å². The Morgan fingerprint density at radius 2 is 2.18 bits per heavy atom. The Bertz CT molecular complexity index is 466. The number of carbonyl (C=O) groups excluding carboxylic acids is 1. The van der Waals surface area contributed by atoms with Crippen molar-refractivity contribution in [1.82, 2.24) is 4.98 Å². The van der Waals surface area contributed by atoms with Crippen LogP contribution in [0, 0.1) is 13.8 Å². The quantitative estimate of drug-likeness (QED) is 0.714. The molecule has 1 aliphatic rings. The molecule has 0 aromatic carbocycles. The summed E-state index contributed by atoms with van der Waals surface area (Å²) in [4.78, 5) is 15.8. The molecule has 1 saturated carbocycles. The highest BCUT2D eigenvalue weighted by Crippen LogP contribution is 2.38. The summed E-state index contributed by atoms with van der Waals surface area (Å²) in [6.07, 6.45) is 2.02. The second kappa shape index (κ2) is 4.00. The molecular weight excluding hydrogens is 216 g/mol. The Balaban J connectivity index is 2.41. The molecule has 0 bridgehead atoms. The molecule has 1 amide bonds. The molecule has 17 heavy (non-hydrogen) atoms. The van der Waals surface area contributed by atoms with Crippen molar-refractivity contribution in [2.45, 2.75) is 32.2 Å². The van der Waals surface area contributed by atoms with Crippen LogP contribution in [0.25, 0.3) is 0 Å². The number of carbonyl (C=O) groups is 1. The molecule has 1 aliphatic carbocycles. The van der Waals surface area contributed by atoms with Crippen LogP contribution >= 0.6 is 0 Å². The summed E-state index contributed by atoms with van der Waals surface area (Å²) in [5.74, 6) is 0.114. The van der Waals surface area contributed by atoms with Gasteiger partial charge in [0.1, 0.15) is 5.82 Å². The lowest BCUT2D eigenvalue weighted by Crippen LogP contribution is -2.32. The Hall–Kier alpha value is -1.62. The summed E-state index contributed by atoms with van der Waals surface area (Å²) in [7, 11) is 0. The minimum absolute atomic E-state index is 0.0859. The minimum atomic E-state index is -0.453. The summed E-state index contributed by atoms with van der Waals surface area (Å²) >= 11 is 0.